The fourth-order valence-corrected chi connectivity index (χ4v) is 1.62. The summed E-state index contributed by atoms with van der Waals surface area (Å²) in [4.78, 5) is 0. The molecule has 78 valence electrons. The van der Waals surface area contributed by atoms with E-state index in [1.807, 2.05) is 0 Å². The number of rotatable bonds is 3. The minimum absolute atomic E-state index is 0.141. The molecule has 0 saturated carbocycles. The maximum absolute atomic E-state index is 13.3. The number of hydrogen-bond donors (Lipinski definition) is 2. The maximum Gasteiger partial charge on any atom is 0.132 e. The molecule has 0 heterocycles. The molecule has 0 aliphatic heterocycles. The molecule has 1 unspecified atom stereocenters. The first-order valence-electron chi connectivity index (χ1n) is 4.02. The molecule has 0 aromatic heterocycles. The van der Waals surface area contributed by atoms with Gasteiger partial charge in [0.05, 0.1) is 12.6 Å². The molecule has 1 atom stereocenters. The van der Waals surface area contributed by atoms with Crippen molar-refractivity contribution >= 4 is 15.9 Å². The molecule has 0 radical (unpaired) electrons. The minimum atomic E-state index is -0.719. The third kappa shape index (κ3) is 2.29. The largest absolute Gasteiger partial charge is 0.394 e. The van der Waals surface area contributed by atoms with Crippen molar-refractivity contribution < 1.29 is 13.9 Å². The summed E-state index contributed by atoms with van der Waals surface area (Å²) in [7, 11) is 1.53. The molecule has 1 aromatic rings. The molecular formula is C9H10BrF2NO. The van der Waals surface area contributed by atoms with Crippen molar-refractivity contribution in [3.05, 3.63) is 33.8 Å². The predicted octanol–water partition coefficient (Wildman–Crippen LogP) is 1.98. The van der Waals surface area contributed by atoms with Gasteiger partial charge in [0.1, 0.15) is 11.6 Å². The lowest BCUT2D eigenvalue weighted by Crippen LogP contribution is -2.22. The van der Waals surface area contributed by atoms with Crippen LogP contribution in [0.15, 0.2) is 16.6 Å². The number of aliphatic hydroxyl groups is 1. The van der Waals surface area contributed by atoms with Gasteiger partial charge in [-0.1, -0.05) is 15.9 Å². The first kappa shape index (κ1) is 11.6. The van der Waals surface area contributed by atoms with Gasteiger partial charge in [-0.3, -0.25) is 0 Å². The quantitative estimate of drug-likeness (QED) is 0.876. The Balaban J connectivity index is 3.19. The van der Waals surface area contributed by atoms with Crippen molar-refractivity contribution in [2.75, 3.05) is 13.7 Å². The summed E-state index contributed by atoms with van der Waals surface area (Å²) in [6, 6.07) is 1.61. The van der Waals surface area contributed by atoms with E-state index in [4.69, 9.17) is 5.11 Å². The Morgan fingerprint density at radius 1 is 1.43 bits per heavy atom. The zero-order valence-corrected chi connectivity index (χ0v) is 9.11. The highest BCUT2D eigenvalue weighted by Crippen LogP contribution is 2.24. The predicted molar refractivity (Wildman–Crippen MR) is 52.9 cm³/mol. The standard InChI is InChI=1S/C9H10BrF2NO/c1-13-8(4-14)9-6(11)2-5(10)3-7(9)12/h2-3,8,13-14H,4H2,1H3. The van der Waals surface area contributed by atoms with E-state index < -0.39 is 17.7 Å². The summed E-state index contributed by atoms with van der Waals surface area (Å²) in [6.45, 7) is -0.355. The van der Waals surface area contributed by atoms with Crippen molar-refractivity contribution in [3.8, 4) is 0 Å². The van der Waals surface area contributed by atoms with Crippen LogP contribution in [-0.4, -0.2) is 18.8 Å². The Morgan fingerprint density at radius 3 is 2.29 bits per heavy atom. The topological polar surface area (TPSA) is 32.3 Å². The molecule has 0 bridgehead atoms. The summed E-state index contributed by atoms with van der Waals surface area (Å²) in [6.07, 6.45) is 0. The molecule has 0 aliphatic carbocycles. The number of aliphatic hydroxyl groups excluding tert-OH is 1. The van der Waals surface area contributed by atoms with Gasteiger partial charge in [0, 0.05) is 10.0 Å². The van der Waals surface area contributed by atoms with Crippen LogP contribution < -0.4 is 5.32 Å². The van der Waals surface area contributed by atoms with Crippen LogP contribution >= 0.6 is 15.9 Å². The Bertz CT molecular complexity index is 306. The average Bonchev–Trinajstić information content (AvgIpc) is 2.10. The molecule has 2 N–H and O–H groups in total. The SMILES string of the molecule is CNC(CO)c1c(F)cc(Br)cc1F. The van der Waals surface area contributed by atoms with Crippen molar-refractivity contribution in [2.24, 2.45) is 0 Å². The van der Waals surface area contributed by atoms with Crippen LogP contribution in [0.5, 0.6) is 0 Å². The zero-order valence-electron chi connectivity index (χ0n) is 7.52. The Morgan fingerprint density at radius 2 is 1.93 bits per heavy atom. The van der Waals surface area contributed by atoms with Gasteiger partial charge in [-0.25, -0.2) is 8.78 Å². The Labute approximate surface area is 89.1 Å². The van der Waals surface area contributed by atoms with Gasteiger partial charge in [0.25, 0.3) is 0 Å². The molecule has 1 rings (SSSR count). The monoisotopic (exact) mass is 265 g/mol. The average molecular weight is 266 g/mol. The van der Waals surface area contributed by atoms with E-state index in [9.17, 15) is 8.78 Å². The number of halogens is 3. The van der Waals surface area contributed by atoms with Crippen molar-refractivity contribution in [1.82, 2.24) is 5.32 Å². The number of hydrogen-bond acceptors (Lipinski definition) is 2. The van der Waals surface area contributed by atoms with E-state index in [0.717, 1.165) is 0 Å². The first-order chi connectivity index (χ1) is 6.60. The zero-order chi connectivity index (χ0) is 10.7. The molecule has 14 heavy (non-hydrogen) atoms. The third-order valence-corrected chi connectivity index (χ3v) is 2.38. The fourth-order valence-electron chi connectivity index (χ4n) is 1.21. The Hall–Kier alpha value is -0.520. The molecule has 0 saturated heterocycles. The van der Waals surface area contributed by atoms with Gasteiger partial charge in [-0.05, 0) is 19.2 Å². The van der Waals surface area contributed by atoms with Crippen LogP contribution in [-0.2, 0) is 0 Å². The van der Waals surface area contributed by atoms with Gasteiger partial charge in [0.15, 0.2) is 0 Å². The number of benzene rings is 1. The van der Waals surface area contributed by atoms with Crippen LogP contribution in [0.3, 0.4) is 0 Å². The maximum atomic E-state index is 13.3. The second-order valence-corrected chi connectivity index (χ2v) is 3.72. The molecule has 5 heteroatoms. The van der Waals surface area contributed by atoms with Crippen LogP contribution in [0.4, 0.5) is 8.78 Å². The Kier molecular flexibility index (Phi) is 3.97. The fraction of sp³-hybridized carbons (Fsp3) is 0.333. The van der Waals surface area contributed by atoms with E-state index in [1.165, 1.54) is 19.2 Å². The summed E-state index contributed by atoms with van der Waals surface area (Å²) >= 11 is 2.98. The number of nitrogens with one attached hydrogen (secondary N) is 1. The number of likely N-dealkylation sites (N-methyl/N-ethyl adjacent to an activating group) is 1. The minimum Gasteiger partial charge on any atom is -0.394 e. The molecular weight excluding hydrogens is 256 g/mol. The lowest BCUT2D eigenvalue weighted by molar-refractivity contribution is 0.244. The van der Waals surface area contributed by atoms with Crippen LogP contribution in [0.25, 0.3) is 0 Å². The second-order valence-electron chi connectivity index (χ2n) is 2.81. The first-order valence-corrected chi connectivity index (χ1v) is 4.82. The van der Waals surface area contributed by atoms with Crippen molar-refractivity contribution in [2.45, 2.75) is 6.04 Å². The third-order valence-electron chi connectivity index (χ3n) is 1.92. The van der Waals surface area contributed by atoms with E-state index in [2.05, 4.69) is 21.2 Å². The molecule has 2 nitrogen and oxygen atoms in total. The highest BCUT2D eigenvalue weighted by atomic mass is 79.9. The van der Waals surface area contributed by atoms with Crippen molar-refractivity contribution in [3.63, 3.8) is 0 Å². The molecule has 0 spiro atoms. The normalized spacial score (nSPS) is 12.9. The van der Waals surface area contributed by atoms with E-state index >= 15 is 0 Å². The summed E-state index contributed by atoms with van der Waals surface area (Å²) in [5, 5.41) is 11.5. The van der Waals surface area contributed by atoms with Gasteiger partial charge in [-0.2, -0.15) is 0 Å². The van der Waals surface area contributed by atoms with E-state index in [-0.39, 0.29) is 12.2 Å². The molecule has 0 aliphatic rings. The summed E-state index contributed by atoms with van der Waals surface area (Å²) in [5.74, 6) is -1.35. The highest BCUT2D eigenvalue weighted by Gasteiger charge is 2.18. The second kappa shape index (κ2) is 4.82. The molecule has 1 aromatic carbocycles. The summed E-state index contributed by atoms with van der Waals surface area (Å²) in [5.41, 5.74) is -0.141. The van der Waals surface area contributed by atoms with Crippen LogP contribution in [0, 0.1) is 11.6 Å². The molecule has 0 fully saturated rings. The van der Waals surface area contributed by atoms with Gasteiger partial charge < -0.3 is 10.4 Å². The van der Waals surface area contributed by atoms with Crippen LogP contribution in [0.1, 0.15) is 11.6 Å². The van der Waals surface area contributed by atoms with Gasteiger partial charge in [0.2, 0.25) is 0 Å². The highest BCUT2D eigenvalue weighted by molar-refractivity contribution is 9.10. The van der Waals surface area contributed by atoms with Gasteiger partial charge >= 0.3 is 0 Å². The van der Waals surface area contributed by atoms with Crippen LogP contribution in [0.2, 0.25) is 0 Å². The van der Waals surface area contributed by atoms with Crippen molar-refractivity contribution in [1.29, 1.82) is 0 Å². The summed E-state index contributed by atoms with van der Waals surface area (Å²) < 4.78 is 27.0. The lowest BCUT2D eigenvalue weighted by Gasteiger charge is -2.15. The van der Waals surface area contributed by atoms with Gasteiger partial charge in [-0.15, -0.1) is 0 Å². The smallest absolute Gasteiger partial charge is 0.132 e. The lowest BCUT2D eigenvalue weighted by atomic mass is 10.1. The molecule has 0 amide bonds. The van der Waals surface area contributed by atoms with E-state index in [1.54, 1.807) is 0 Å². The van der Waals surface area contributed by atoms with E-state index in [0.29, 0.717) is 4.47 Å².